The Morgan fingerprint density at radius 1 is 1.43 bits per heavy atom. The quantitative estimate of drug-likeness (QED) is 0.656. The molecule has 2 aliphatic heterocycles. The molecule has 0 amide bonds. The monoisotopic (exact) mass is 199 g/mol. The molecule has 2 heterocycles. The molecule has 0 bridgehead atoms. The van der Waals surface area contributed by atoms with Gasteiger partial charge in [0.1, 0.15) is 0 Å². The van der Waals surface area contributed by atoms with Gasteiger partial charge in [0.05, 0.1) is 12.7 Å². The van der Waals surface area contributed by atoms with Crippen molar-refractivity contribution in [1.29, 1.82) is 0 Å². The molecule has 2 aliphatic rings. The number of esters is 1. The molecule has 4 heteroatoms. The van der Waals surface area contributed by atoms with E-state index in [1.807, 2.05) is 0 Å². The average molecular weight is 199 g/mol. The molecule has 2 saturated heterocycles. The molecule has 14 heavy (non-hydrogen) atoms. The second-order valence-corrected chi connectivity index (χ2v) is 4.09. The Labute approximate surface area is 84.0 Å². The third-order valence-corrected chi connectivity index (χ3v) is 2.86. The number of hydrogen-bond donors (Lipinski definition) is 1. The normalized spacial score (nSPS) is 38.4. The minimum absolute atomic E-state index is 0.182. The predicted octanol–water partition coefficient (Wildman–Crippen LogP) is 0.459. The molecule has 0 aromatic heterocycles. The van der Waals surface area contributed by atoms with Crippen molar-refractivity contribution in [3.8, 4) is 0 Å². The summed E-state index contributed by atoms with van der Waals surface area (Å²) in [6.45, 7) is 3.53. The molecule has 0 aromatic carbocycles. The molecule has 2 rings (SSSR count). The fourth-order valence-electron chi connectivity index (χ4n) is 1.92. The van der Waals surface area contributed by atoms with Crippen LogP contribution in [0.3, 0.4) is 0 Å². The molecule has 4 nitrogen and oxygen atoms in total. The molecule has 0 spiro atoms. The van der Waals surface area contributed by atoms with E-state index >= 15 is 0 Å². The maximum Gasteiger partial charge on any atom is 0.335 e. The molecule has 1 N–H and O–H groups in total. The van der Waals surface area contributed by atoms with Crippen LogP contribution in [0.4, 0.5) is 0 Å². The lowest BCUT2D eigenvalue weighted by atomic mass is 10.0. The molecule has 2 fully saturated rings. The van der Waals surface area contributed by atoms with E-state index in [1.165, 1.54) is 0 Å². The smallest absolute Gasteiger partial charge is 0.335 e. The van der Waals surface area contributed by atoms with Crippen LogP contribution >= 0.6 is 0 Å². The molecular formula is C10H17NO3. The summed E-state index contributed by atoms with van der Waals surface area (Å²) in [5.74, 6) is -0.191. The van der Waals surface area contributed by atoms with Crippen LogP contribution in [-0.2, 0) is 14.3 Å². The van der Waals surface area contributed by atoms with Crippen molar-refractivity contribution in [2.75, 3.05) is 13.2 Å². The van der Waals surface area contributed by atoms with E-state index in [9.17, 15) is 4.79 Å². The van der Waals surface area contributed by atoms with Gasteiger partial charge in [-0.3, -0.25) is 0 Å². The van der Waals surface area contributed by atoms with E-state index < -0.39 is 0 Å². The molecule has 0 aromatic rings. The Bertz CT molecular complexity index is 211. The average Bonchev–Trinajstić information content (AvgIpc) is 2.56. The van der Waals surface area contributed by atoms with Gasteiger partial charge in [-0.05, 0) is 19.8 Å². The lowest BCUT2D eigenvalue weighted by Crippen LogP contribution is -2.43. The zero-order valence-corrected chi connectivity index (χ0v) is 8.49. The van der Waals surface area contributed by atoms with Crippen LogP contribution < -0.4 is 5.32 Å². The molecule has 0 aliphatic carbocycles. The Balaban J connectivity index is 1.77. The van der Waals surface area contributed by atoms with Crippen molar-refractivity contribution in [2.45, 2.75) is 44.4 Å². The third kappa shape index (κ3) is 2.25. The summed E-state index contributed by atoms with van der Waals surface area (Å²) < 4.78 is 10.5. The number of hydrogen-bond acceptors (Lipinski definition) is 4. The van der Waals surface area contributed by atoms with Crippen molar-refractivity contribution in [2.24, 2.45) is 0 Å². The van der Waals surface area contributed by atoms with Crippen LogP contribution in [0.1, 0.15) is 26.2 Å². The van der Waals surface area contributed by atoms with Gasteiger partial charge in [0.2, 0.25) is 0 Å². The number of nitrogens with one attached hydrogen (secondary N) is 1. The molecule has 0 radical (unpaired) electrons. The summed E-state index contributed by atoms with van der Waals surface area (Å²) in [6.07, 6.45) is 2.74. The summed E-state index contributed by atoms with van der Waals surface area (Å²) in [5.41, 5.74) is 0. The van der Waals surface area contributed by atoms with Gasteiger partial charge in [0.15, 0.2) is 6.10 Å². The SMILES string of the molecule is CC1CCC(OC2CCOC2=O)CN1. The zero-order valence-electron chi connectivity index (χ0n) is 8.49. The van der Waals surface area contributed by atoms with Crippen LogP contribution in [-0.4, -0.2) is 37.4 Å². The van der Waals surface area contributed by atoms with E-state index in [0.717, 1.165) is 19.4 Å². The minimum atomic E-state index is -0.310. The Morgan fingerprint density at radius 2 is 2.29 bits per heavy atom. The number of cyclic esters (lactones) is 1. The van der Waals surface area contributed by atoms with E-state index in [-0.39, 0.29) is 18.2 Å². The summed E-state index contributed by atoms with van der Waals surface area (Å²) in [6, 6.07) is 0.574. The first-order chi connectivity index (χ1) is 6.75. The van der Waals surface area contributed by atoms with E-state index in [0.29, 0.717) is 19.1 Å². The molecule has 80 valence electrons. The molecule has 3 unspecified atom stereocenters. The zero-order chi connectivity index (χ0) is 9.97. The maximum absolute atomic E-state index is 11.1. The highest BCUT2D eigenvalue weighted by atomic mass is 16.6. The van der Waals surface area contributed by atoms with E-state index in [4.69, 9.17) is 9.47 Å². The van der Waals surface area contributed by atoms with Gasteiger partial charge in [0.25, 0.3) is 0 Å². The maximum atomic E-state index is 11.1. The van der Waals surface area contributed by atoms with E-state index in [2.05, 4.69) is 12.2 Å². The van der Waals surface area contributed by atoms with E-state index in [1.54, 1.807) is 0 Å². The highest BCUT2D eigenvalue weighted by molar-refractivity contribution is 5.76. The van der Waals surface area contributed by atoms with Crippen LogP contribution in [0.15, 0.2) is 0 Å². The van der Waals surface area contributed by atoms with Gasteiger partial charge in [-0.15, -0.1) is 0 Å². The lowest BCUT2D eigenvalue weighted by molar-refractivity contribution is -0.150. The second kappa shape index (κ2) is 4.28. The van der Waals surface area contributed by atoms with Gasteiger partial charge in [-0.25, -0.2) is 4.79 Å². The topological polar surface area (TPSA) is 47.6 Å². The van der Waals surface area contributed by atoms with Crippen molar-refractivity contribution in [3.63, 3.8) is 0 Å². The first-order valence-corrected chi connectivity index (χ1v) is 5.31. The summed E-state index contributed by atoms with van der Waals surface area (Å²) in [4.78, 5) is 11.1. The van der Waals surface area contributed by atoms with Gasteiger partial charge >= 0.3 is 5.97 Å². The van der Waals surface area contributed by atoms with Crippen LogP contribution in [0.2, 0.25) is 0 Å². The Hall–Kier alpha value is -0.610. The van der Waals surface area contributed by atoms with Gasteiger partial charge < -0.3 is 14.8 Å². The second-order valence-electron chi connectivity index (χ2n) is 4.09. The Kier molecular flexibility index (Phi) is 3.03. The summed E-state index contributed by atoms with van der Waals surface area (Å²) in [5, 5.41) is 3.34. The van der Waals surface area contributed by atoms with Gasteiger partial charge in [-0.2, -0.15) is 0 Å². The van der Waals surface area contributed by atoms with Crippen molar-refractivity contribution in [3.05, 3.63) is 0 Å². The minimum Gasteiger partial charge on any atom is -0.464 e. The van der Waals surface area contributed by atoms with Crippen molar-refractivity contribution >= 4 is 5.97 Å². The molecule has 3 atom stereocenters. The third-order valence-electron chi connectivity index (χ3n) is 2.86. The number of ether oxygens (including phenoxy) is 2. The van der Waals surface area contributed by atoms with Crippen LogP contribution in [0.5, 0.6) is 0 Å². The van der Waals surface area contributed by atoms with Gasteiger partial charge in [0, 0.05) is 19.0 Å². The number of carbonyl (C=O) groups is 1. The number of carbonyl (C=O) groups excluding carboxylic acids is 1. The first-order valence-electron chi connectivity index (χ1n) is 5.31. The standard InChI is InChI=1S/C10H17NO3/c1-7-2-3-8(6-11-7)14-9-4-5-13-10(9)12/h7-9,11H,2-6H2,1H3. The first kappa shape index (κ1) is 9.93. The largest absolute Gasteiger partial charge is 0.464 e. The number of piperidine rings is 1. The van der Waals surface area contributed by atoms with Crippen LogP contribution in [0, 0.1) is 0 Å². The fourth-order valence-corrected chi connectivity index (χ4v) is 1.92. The summed E-state index contributed by atoms with van der Waals surface area (Å²) in [7, 11) is 0. The lowest BCUT2D eigenvalue weighted by Gasteiger charge is -2.28. The fraction of sp³-hybridized carbons (Fsp3) is 0.900. The summed E-state index contributed by atoms with van der Waals surface area (Å²) >= 11 is 0. The van der Waals surface area contributed by atoms with Gasteiger partial charge in [-0.1, -0.05) is 0 Å². The van der Waals surface area contributed by atoms with Crippen molar-refractivity contribution < 1.29 is 14.3 Å². The predicted molar refractivity (Wildman–Crippen MR) is 50.9 cm³/mol. The van der Waals surface area contributed by atoms with Crippen molar-refractivity contribution in [1.82, 2.24) is 5.32 Å². The molecular weight excluding hydrogens is 182 g/mol. The Morgan fingerprint density at radius 3 is 2.86 bits per heavy atom. The van der Waals surface area contributed by atoms with Crippen LogP contribution in [0.25, 0.3) is 0 Å². The molecule has 0 saturated carbocycles. The highest BCUT2D eigenvalue weighted by Crippen LogP contribution is 2.17. The number of rotatable bonds is 2. The highest BCUT2D eigenvalue weighted by Gasteiger charge is 2.31.